The molecule has 0 spiro atoms. The summed E-state index contributed by atoms with van der Waals surface area (Å²) in [4.78, 5) is 24.0. The van der Waals surface area contributed by atoms with Gasteiger partial charge in [-0.05, 0) is 47.1 Å². The van der Waals surface area contributed by atoms with E-state index in [-0.39, 0.29) is 24.1 Å². The molecule has 0 saturated carbocycles. The van der Waals surface area contributed by atoms with Gasteiger partial charge in [0, 0.05) is 22.3 Å². The molecule has 1 amide bonds. The van der Waals surface area contributed by atoms with Crippen LogP contribution in [0.4, 0.5) is 0 Å². The van der Waals surface area contributed by atoms with Crippen LogP contribution in [0.5, 0.6) is 11.5 Å². The number of methoxy groups -OCH3 is 2. The Hall–Kier alpha value is -2.28. The van der Waals surface area contributed by atoms with Crippen molar-refractivity contribution in [3.63, 3.8) is 0 Å². The summed E-state index contributed by atoms with van der Waals surface area (Å²) in [5, 5.41) is 2.87. The molecule has 2 aromatic rings. The lowest BCUT2D eigenvalue weighted by molar-refractivity contribution is -0.122. The van der Waals surface area contributed by atoms with Crippen molar-refractivity contribution in [2.24, 2.45) is 0 Å². The zero-order chi connectivity index (χ0) is 17.7. The molecule has 1 aromatic heterocycles. The first-order chi connectivity index (χ1) is 11.4. The van der Waals surface area contributed by atoms with E-state index in [0.29, 0.717) is 11.5 Å². The molecule has 0 unspecified atom stereocenters. The van der Waals surface area contributed by atoms with Crippen LogP contribution in [0.15, 0.2) is 45.8 Å². The second-order valence-electron chi connectivity index (χ2n) is 5.21. The summed E-state index contributed by atoms with van der Waals surface area (Å²) in [6.07, 6.45) is 1.58. The average molecular weight is 395 g/mol. The number of ether oxygens (including phenoxy) is 2. The minimum absolute atomic E-state index is 0.0606. The van der Waals surface area contributed by atoms with Gasteiger partial charge >= 0.3 is 0 Å². The van der Waals surface area contributed by atoms with Crippen LogP contribution >= 0.6 is 15.9 Å². The quantitative estimate of drug-likeness (QED) is 0.816. The van der Waals surface area contributed by atoms with Gasteiger partial charge in [0.25, 0.3) is 5.56 Å². The van der Waals surface area contributed by atoms with Crippen molar-refractivity contribution in [2.75, 3.05) is 14.2 Å². The third-order valence-corrected chi connectivity index (χ3v) is 4.01. The zero-order valence-corrected chi connectivity index (χ0v) is 15.3. The number of benzene rings is 1. The van der Waals surface area contributed by atoms with E-state index in [4.69, 9.17) is 9.47 Å². The van der Waals surface area contributed by atoms with E-state index in [1.54, 1.807) is 38.6 Å². The molecule has 1 atom stereocenters. The van der Waals surface area contributed by atoms with Gasteiger partial charge in [-0.3, -0.25) is 9.59 Å². The molecule has 6 nitrogen and oxygen atoms in total. The minimum atomic E-state index is -0.301. The molecule has 128 valence electrons. The molecule has 2 rings (SSSR count). The Balaban J connectivity index is 2.14. The van der Waals surface area contributed by atoms with E-state index < -0.39 is 0 Å². The second-order valence-corrected chi connectivity index (χ2v) is 6.13. The van der Waals surface area contributed by atoms with Gasteiger partial charge in [0.15, 0.2) is 0 Å². The van der Waals surface area contributed by atoms with Crippen LogP contribution in [0.25, 0.3) is 0 Å². The van der Waals surface area contributed by atoms with E-state index >= 15 is 0 Å². The lowest BCUT2D eigenvalue weighted by atomic mass is 10.1. The van der Waals surface area contributed by atoms with Crippen molar-refractivity contribution >= 4 is 21.8 Å². The van der Waals surface area contributed by atoms with Crippen molar-refractivity contribution in [1.82, 2.24) is 9.88 Å². The molecule has 0 fully saturated rings. The van der Waals surface area contributed by atoms with Gasteiger partial charge in [-0.2, -0.15) is 0 Å². The molecule has 0 aliphatic rings. The van der Waals surface area contributed by atoms with Crippen molar-refractivity contribution in [3.05, 3.63) is 56.9 Å². The largest absolute Gasteiger partial charge is 0.497 e. The molecule has 1 heterocycles. The maximum absolute atomic E-state index is 12.3. The monoisotopic (exact) mass is 394 g/mol. The lowest BCUT2D eigenvalue weighted by Crippen LogP contribution is -2.33. The van der Waals surface area contributed by atoms with Crippen molar-refractivity contribution in [1.29, 1.82) is 0 Å². The molecule has 0 radical (unpaired) electrons. The fraction of sp³-hybridized carbons (Fsp3) is 0.294. The number of carbonyl (C=O) groups excluding carboxylic acids is 1. The fourth-order valence-corrected chi connectivity index (χ4v) is 2.70. The predicted octanol–water partition coefficient (Wildman–Crippen LogP) is 2.51. The number of carbonyl (C=O) groups is 1. The predicted molar refractivity (Wildman–Crippen MR) is 94.5 cm³/mol. The maximum atomic E-state index is 12.3. The minimum Gasteiger partial charge on any atom is -0.497 e. The van der Waals surface area contributed by atoms with Crippen LogP contribution in [-0.4, -0.2) is 24.7 Å². The average Bonchev–Trinajstić information content (AvgIpc) is 2.57. The van der Waals surface area contributed by atoms with Crippen LogP contribution in [0.3, 0.4) is 0 Å². The van der Waals surface area contributed by atoms with Crippen molar-refractivity contribution in [3.8, 4) is 11.5 Å². The van der Waals surface area contributed by atoms with Crippen LogP contribution in [0.2, 0.25) is 0 Å². The van der Waals surface area contributed by atoms with Crippen LogP contribution in [0.1, 0.15) is 18.5 Å². The standard InChI is InChI=1S/C17H19BrN2O4/c1-11(14-8-13(23-2)5-6-15(14)24-3)19-16(21)10-20-9-12(18)4-7-17(20)22/h4-9,11H,10H2,1-3H3,(H,19,21)/t11-/m1/s1. The van der Waals surface area contributed by atoms with Gasteiger partial charge in [0.05, 0.1) is 20.3 Å². The van der Waals surface area contributed by atoms with E-state index in [1.165, 1.54) is 10.6 Å². The van der Waals surface area contributed by atoms with E-state index in [0.717, 1.165) is 10.0 Å². The summed E-state index contributed by atoms with van der Waals surface area (Å²) < 4.78 is 12.6. The number of nitrogens with zero attached hydrogens (tertiary/aromatic N) is 1. The topological polar surface area (TPSA) is 69.6 Å². The van der Waals surface area contributed by atoms with Gasteiger partial charge in [-0.15, -0.1) is 0 Å². The molecule has 1 aromatic carbocycles. The SMILES string of the molecule is COc1ccc(OC)c([C@@H](C)NC(=O)Cn2cc(Br)ccc2=O)c1. The molecular weight excluding hydrogens is 376 g/mol. The van der Waals surface area contributed by atoms with Gasteiger partial charge in [0.1, 0.15) is 18.0 Å². The number of amides is 1. The molecule has 0 saturated heterocycles. The summed E-state index contributed by atoms with van der Waals surface area (Å²) in [5.74, 6) is 1.06. The van der Waals surface area contributed by atoms with Crippen molar-refractivity contribution < 1.29 is 14.3 Å². The first-order valence-corrected chi connectivity index (χ1v) is 8.11. The highest BCUT2D eigenvalue weighted by Crippen LogP contribution is 2.29. The Bertz CT molecular complexity index is 788. The smallest absolute Gasteiger partial charge is 0.251 e. The normalized spacial score (nSPS) is 11.7. The molecule has 0 aliphatic carbocycles. The molecule has 1 N–H and O–H groups in total. The fourth-order valence-electron chi connectivity index (χ4n) is 2.32. The van der Waals surface area contributed by atoms with E-state index in [9.17, 15) is 9.59 Å². The van der Waals surface area contributed by atoms with Crippen LogP contribution in [0, 0.1) is 0 Å². The van der Waals surface area contributed by atoms with Gasteiger partial charge in [-0.25, -0.2) is 0 Å². The number of hydrogen-bond acceptors (Lipinski definition) is 4. The third kappa shape index (κ3) is 4.38. The zero-order valence-electron chi connectivity index (χ0n) is 13.7. The Morgan fingerprint density at radius 2 is 2.00 bits per heavy atom. The van der Waals surface area contributed by atoms with Crippen molar-refractivity contribution in [2.45, 2.75) is 19.5 Å². The highest BCUT2D eigenvalue weighted by Gasteiger charge is 2.15. The summed E-state index contributed by atoms with van der Waals surface area (Å²) in [6.45, 7) is 1.79. The highest BCUT2D eigenvalue weighted by atomic mass is 79.9. The van der Waals surface area contributed by atoms with E-state index in [2.05, 4.69) is 21.2 Å². The highest BCUT2D eigenvalue weighted by molar-refractivity contribution is 9.10. The number of pyridine rings is 1. The maximum Gasteiger partial charge on any atom is 0.251 e. The lowest BCUT2D eigenvalue weighted by Gasteiger charge is -2.18. The first-order valence-electron chi connectivity index (χ1n) is 7.32. The summed E-state index contributed by atoms with van der Waals surface area (Å²) >= 11 is 3.29. The molecule has 24 heavy (non-hydrogen) atoms. The summed E-state index contributed by atoms with van der Waals surface area (Å²) in [6, 6.07) is 8.14. The van der Waals surface area contributed by atoms with Gasteiger partial charge in [-0.1, -0.05) is 0 Å². The Morgan fingerprint density at radius 1 is 1.25 bits per heavy atom. The Morgan fingerprint density at radius 3 is 2.67 bits per heavy atom. The molecule has 0 bridgehead atoms. The molecule has 0 aliphatic heterocycles. The van der Waals surface area contributed by atoms with E-state index in [1.807, 2.05) is 13.0 Å². The Kier molecular flexibility index (Phi) is 6.03. The van der Waals surface area contributed by atoms with Gasteiger partial charge in [0.2, 0.25) is 5.91 Å². The number of nitrogens with one attached hydrogen (secondary N) is 1. The Labute approximate surface area is 148 Å². The number of aromatic nitrogens is 1. The molecular formula is C17H19BrN2O4. The number of halogens is 1. The first kappa shape index (κ1) is 18.1. The van der Waals surface area contributed by atoms with Crippen LogP contribution in [-0.2, 0) is 11.3 Å². The number of hydrogen-bond donors (Lipinski definition) is 1. The third-order valence-electron chi connectivity index (χ3n) is 3.54. The summed E-state index contributed by atoms with van der Waals surface area (Å²) in [7, 11) is 3.15. The van der Waals surface area contributed by atoms with Gasteiger partial charge < -0.3 is 19.4 Å². The summed E-state index contributed by atoms with van der Waals surface area (Å²) in [5.41, 5.74) is 0.562. The molecule has 7 heteroatoms. The number of rotatable bonds is 6. The van der Waals surface area contributed by atoms with Crippen LogP contribution < -0.4 is 20.3 Å². The second kappa shape index (κ2) is 8.01.